The zero-order valence-electron chi connectivity index (χ0n) is 5.95. The first kappa shape index (κ1) is 7.94. The van der Waals surface area contributed by atoms with Gasteiger partial charge in [-0.25, -0.2) is 0 Å². The molecule has 58 valence electrons. The second-order valence-electron chi connectivity index (χ2n) is 2.01. The molecule has 0 fully saturated rings. The Labute approximate surface area is 69.1 Å². The van der Waals surface area contributed by atoms with E-state index in [1.54, 1.807) is 17.6 Å². The summed E-state index contributed by atoms with van der Waals surface area (Å²) in [5.41, 5.74) is 5.10. The molecule has 0 aliphatic rings. The maximum atomic E-state index is 6.89. The summed E-state index contributed by atoms with van der Waals surface area (Å²) in [7, 11) is 0. The third-order valence-corrected chi connectivity index (χ3v) is 1.83. The lowest BCUT2D eigenvalue weighted by Crippen LogP contribution is -2.12. The Balaban J connectivity index is 2.43. The van der Waals surface area contributed by atoms with E-state index in [9.17, 15) is 0 Å². The zero-order valence-corrected chi connectivity index (χ0v) is 6.77. The molecule has 0 saturated carbocycles. The molecule has 0 amide bonds. The van der Waals surface area contributed by atoms with Crippen molar-refractivity contribution in [2.45, 2.75) is 0 Å². The van der Waals surface area contributed by atoms with Crippen molar-refractivity contribution in [1.82, 2.24) is 0 Å². The highest BCUT2D eigenvalue weighted by molar-refractivity contribution is 7.11. The fourth-order valence-electron chi connectivity index (χ4n) is 0.599. The van der Waals surface area contributed by atoms with Gasteiger partial charge in [-0.3, -0.25) is 10.4 Å². The highest BCUT2D eigenvalue weighted by Gasteiger charge is 1.86. The van der Waals surface area contributed by atoms with Crippen molar-refractivity contribution in [2.24, 2.45) is 10.7 Å². The largest absolute Gasteiger partial charge is 0.386 e. The van der Waals surface area contributed by atoms with Gasteiger partial charge in [0, 0.05) is 11.1 Å². The molecule has 0 atom stereocenters. The number of thiophene rings is 1. The fourth-order valence-corrected chi connectivity index (χ4v) is 1.21. The molecule has 0 spiro atoms. The lowest BCUT2D eigenvalue weighted by Gasteiger charge is -1.87. The molecule has 1 heterocycles. The van der Waals surface area contributed by atoms with Crippen LogP contribution in [0.5, 0.6) is 0 Å². The van der Waals surface area contributed by atoms with Crippen LogP contribution in [-0.4, -0.2) is 18.6 Å². The minimum atomic E-state index is 0.0952. The van der Waals surface area contributed by atoms with Crippen molar-refractivity contribution in [2.75, 3.05) is 6.54 Å². The highest BCUT2D eigenvalue weighted by Crippen LogP contribution is 2.04. The first-order valence-corrected chi connectivity index (χ1v) is 4.03. The topological polar surface area (TPSA) is 62.2 Å². The third kappa shape index (κ3) is 2.95. The van der Waals surface area contributed by atoms with E-state index in [4.69, 9.17) is 11.1 Å². The predicted molar refractivity (Wildman–Crippen MR) is 48.7 cm³/mol. The van der Waals surface area contributed by atoms with Crippen LogP contribution in [-0.2, 0) is 0 Å². The minimum Gasteiger partial charge on any atom is -0.386 e. The van der Waals surface area contributed by atoms with Crippen LogP contribution >= 0.6 is 11.3 Å². The van der Waals surface area contributed by atoms with E-state index in [1.165, 1.54) is 0 Å². The number of nitrogens with zero attached hydrogens (tertiary/aromatic N) is 1. The molecule has 0 unspecified atom stereocenters. The van der Waals surface area contributed by atoms with Gasteiger partial charge < -0.3 is 5.73 Å². The SMILES string of the molecule is N=C(N)CN=Cc1cccs1. The van der Waals surface area contributed by atoms with Crippen LogP contribution in [0.1, 0.15) is 4.88 Å². The van der Waals surface area contributed by atoms with E-state index in [2.05, 4.69) is 4.99 Å². The van der Waals surface area contributed by atoms with Crippen LogP contribution in [0.25, 0.3) is 0 Å². The van der Waals surface area contributed by atoms with E-state index >= 15 is 0 Å². The molecule has 4 heteroatoms. The zero-order chi connectivity index (χ0) is 8.10. The Morgan fingerprint density at radius 3 is 3.18 bits per heavy atom. The molecule has 3 nitrogen and oxygen atoms in total. The van der Waals surface area contributed by atoms with Gasteiger partial charge in [0.1, 0.15) is 5.84 Å². The van der Waals surface area contributed by atoms with Gasteiger partial charge in [-0.15, -0.1) is 11.3 Å². The molecular formula is C7H9N3S. The Morgan fingerprint density at radius 1 is 1.82 bits per heavy atom. The van der Waals surface area contributed by atoms with E-state index in [1.807, 2.05) is 17.5 Å². The Hall–Kier alpha value is -1.16. The summed E-state index contributed by atoms with van der Waals surface area (Å²) in [4.78, 5) is 5.04. The molecule has 0 aliphatic heterocycles. The summed E-state index contributed by atoms with van der Waals surface area (Å²) in [6.45, 7) is 0.290. The Morgan fingerprint density at radius 2 is 2.64 bits per heavy atom. The molecule has 0 aliphatic carbocycles. The van der Waals surface area contributed by atoms with Gasteiger partial charge in [-0.05, 0) is 11.4 Å². The van der Waals surface area contributed by atoms with Crippen LogP contribution in [0.3, 0.4) is 0 Å². The van der Waals surface area contributed by atoms with E-state index in [0.29, 0.717) is 0 Å². The number of aliphatic imine (C=N–C) groups is 1. The molecule has 0 saturated heterocycles. The van der Waals surface area contributed by atoms with Crippen molar-refractivity contribution in [3.05, 3.63) is 22.4 Å². The van der Waals surface area contributed by atoms with Gasteiger partial charge in [0.2, 0.25) is 0 Å². The minimum absolute atomic E-state index is 0.0952. The molecule has 0 bridgehead atoms. The van der Waals surface area contributed by atoms with Gasteiger partial charge in [0.25, 0.3) is 0 Å². The number of hydrogen-bond donors (Lipinski definition) is 2. The second-order valence-corrected chi connectivity index (χ2v) is 2.99. The smallest absolute Gasteiger partial charge is 0.113 e. The number of rotatable bonds is 3. The summed E-state index contributed by atoms with van der Waals surface area (Å²) < 4.78 is 0. The third-order valence-electron chi connectivity index (χ3n) is 1.02. The standard InChI is InChI=1S/C7H9N3S/c8-7(9)5-10-4-6-2-1-3-11-6/h1-4H,5H2,(H3,8,9). The van der Waals surface area contributed by atoms with Gasteiger partial charge in [-0.2, -0.15) is 0 Å². The van der Waals surface area contributed by atoms with Crippen LogP contribution in [0.15, 0.2) is 22.5 Å². The lowest BCUT2D eigenvalue weighted by atomic mass is 10.5. The maximum absolute atomic E-state index is 6.89. The number of nitrogens with one attached hydrogen (secondary N) is 1. The molecule has 0 radical (unpaired) electrons. The second kappa shape index (κ2) is 3.88. The van der Waals surface area contributed by atoms with Crippen molar-refractivity contribution < 1.29 is 0 Å². The highest BCUT2D eigenvalue weighted by atomic mass is 32.1. The summed E-state index contributed by atoms with van der Waals surface area (Å²) in [6, 6.07) is 3.92. The van der Waals surface area contributed by atoms with Gasteiger partial charge in [0.05, 0.1) is 6.54 Å². The molecular weight excluding hydrogens is 158 g/mol. The van der Waals surface area contributed by atoms with Gasteiger partial charge in [-0.1, -0.05) is 6.07 Å². The number of hydrogen-bond acceptors (Lipinski definition) is 3. The fraction of sp³-hybridized carbons (Fsp3) is 0.143. The van der Waals surface area contributed by atoms with Crippen LogP contribution < -0.4 is 5.73 Å². The Kier molecular flexibility index (Phi) is 2.80. The van der Waals surface area contributed by atoms with Crippen LogP contribution in [0.2, 0.25) is 0 Å². The number of nitrogens with two attached hydrogens (primary N) is 1. The molecule has 1 aromatic heterocycles. The van der Waals surface area contributed by atoms with Crippen molar-refractivity contribution >= 4 is 23.4 Å². The molecule has 3 N–H and O–H groups in total. The van der Waals surface area contributed by atoms with Crippen molar-refractivity contribution in [3.8, 4) is 0 Å². The summed E-state index contributed by atoms with van der Waals surface area (Å²) in [5.74, 6) is 0.0952. The van der Waals surface area contributed by atoms with E-state index in [0.717, 1.165) is 4.88 Å². The average Bonchev–Trinajstić information content (AvgIpc) is 2.39. The van der Waals surface area contributed by atoms with Gasteiger partial charge >= 0.3 is 0 Å². The van der Waals surface area contributed by atoms with Crippen molar-refractivity contribution in [3.63, 3.8) is 0 Å². The van der Waals surface area contributed by atoms with Gasteiger partial charge in [0.15, 0.2) is 0 Å². The number of amidine groups is 1. The van der Waals surface area contributed by atoms with Crippen LogP contribution in [0.4, 0.5) is 0 Å². The molecule has 11 heavy (non-hydrogen) atoms. The molecule has 0 aromatic carbocycles. The first-order valence-electron chi connectivity index (χ1n) is 3.15. The summed E-state index contributed by atoms with van der Waals surface area (Å²) in [6.07, 6.45) is 1.73. The van der Waals surface area contributed by atoms with E-state index < -0.39 is 0 Å². The van der Waals surface area contributed by atoms with Crippen LogP contribution in [0, 0.1) is 5.41 Å². The quantitative estimate of drug-likeness (QED) is 0.514. The average molecular weight is 167 g/mol. The molecule has 1 rings (SSSR count). The monoisotopic (exact) mass is 167 g/mol. The molecule has 1 aromatic rings. The first-order chi connectivity index (χ1) is 5.29. The normalized spacial score (nSPS) is 10.5. The summed E-state index contributed by atoms with van der Waals surface area (Å²) in [5, 5.41) is 8.87. The maximum Gasteiger partial charge on any atom is 0.113 e. The summed E-state index contributed by atoms with van der Waals surface area (Å²) >= 11 is 1.61. The Bertz CT molecular complexity index is 251. The lowest BCUT2D eigenvalue weighted by molar-refractivity contribution is 1.24. The van der Waals surface area contributed by atoms with Crippen molar-refractivity contribution in [1.29, 1.82) is 5.41 Å². The predicted octanol–water partition coefficient (Wildman–Crippen LogP) is 1.10. The van der Waals surface area contributed by atoms with E-state index in [-0.39, 0.29) is 12.4 Å².